The molecule has 160 valence electrons. The smallest absolute Gasteiger partial charge is 0.277 e. The summed E-state index contributed by atoms with van der Waals surface area (Å²) in [6.45, 7) is 2.21. The van der Waals surface area contributed by atoms with Crippen LogP contribution >= 0.6 is 23.1 Å². The third-order valence-corrected chi connectivity index (χ3v) is 6.44. The predicted octanol–water partition coefficient (Wildman–Crippen LogP) is 5.21. The van der Waals surface area contributed by atoms with Gasteiger partial charge in [-0.25, -0.2) is 4.98 Å². The molecule has 5 aromatic rings. The molecule has 1 N–H and O–H groups in total. The fraction of sp³-hybridized carbons (Fsp3) is 0.130. The number of thiophene rings is 1. The zero-order valence-electron chi connectivity index (χ0n) is 17.1. The van der Waals surface area contributed by atoms with Crippen molar-refractivity contribution < 1.29 is 9.15 Å². The van der Waals surface area contributed by atoms with E-state index in [2.05, 4.69) is 20.2 Å². The molecule has 9 heteroatoms. The molecule has 0 saturated heterocycles. The average molecular weight is 463 g/mol. The molecule has 0 aliphatic carbocycles. The monoisotopic (exact) mass is 462 g/mol. The Balaban J connectivity index is 1.26. The molecule has 5 rings (SSSR count). The van der Waals surface area contributed by atoms with Crippen LogP contribution in [0.3, 0.4) is 0 Å². The van der Waals surface area contributed by atoms with Gasteiger partial charge in [0, 0.05) is 10.9 Å². The summed E-state index contributed by atoms with van der Waals surface area (Å²) in [7, 11) is 0. The van der Waals surface area contributed by atoms with Crippen molar-refractivity contribution in [3.05, 3.63) is 87.6 Å². The number of thioether (sulfide) groups is 1. The first-order valence-electron chi connectivity index (χ1n) is 9.86. The lowest BCUT2D eigenvalue weighted by Gasteiger charge is -2.03. The molecular weight excluding hydrogens is 444 g/mol. The van der Waals surface area contributed by atoms with E-state index in [-0.39, 0.29) is 12.2 Å². The van der Waals surface area contributed by atoms with Gasteiger partial charge in [0.05, 0.1) is 11.1 Å². The zero-order chi connectivity index (χ0) is 21.9. The molecule has 0 spiro atoms. The van der Waals surface area contributed by atoms with Crippen LogP contribution in [0.25, 0.3) is 21.3 Å². The molecule has 3 heterocycles. The number of H-pyrrole nitrogens is 1. The summed E-state index contributed by atoms with van der Waals surface area (Å²) in [5.41, 5.74) is 2.91. The van der Waals surface area contributed by atoms with E-state index in [1.807, 2.05) is 66.9 Å². The molecule has 32 heavy (non-hydrogen) atoms. The minimum atomic E-state index is -0.150. The van der Waals surface area contributed by atoms with Crippen molar-refractivity contribution in [3.8, 4) is 16.9 Å². The van der Waals surface area contributed by atoms with E-state index in [0.717, 1.165) is 22.4 Å². The van der Waals surface area contributed by atoms with Crippen molar-refractivity contribution in [1.29, 1.82) is 0 Å². The quantitative estimate of drug-likeness (QED) is 0.332. The molecule has 7 nitrogen and oxygen atoms in total. The first-order valence-corrected chi connectivity index (χ1v) is 11.7. The van der Waals surface area contributed by atoms with Gasteiger partial charge in [-0.1, -0.05) is 59.8 Å². The van der Waals surface area contributed by atoms with Gasteiger partial charge in [-0.3, -0.25) is 4.79 Å². The molecule has 0 fully saturated rings. The molecule has 0 bridgehead atoms. The molecule has 3 aromatic heterocycles. The Morgan fingerprint density at radius 2 is 1.91 bits per heavy atom. The highest BCUT2D eigenvalue weighted by atomic mass is 32.2. The van der Waals surface area contributed by atoms with Crippen molar-refractivity contribution in [2.75, 3.05) is 0 Å². The Labute approximate surface area is 191 Å². The van der Waals surface area contributed by atoms with Crippen LogP contribution in [0, 0.1) is 6.92 Å². The Kier molecular flexibility index (Phi) is 5.74. The van der Waals surface area contributed by atoms with E-state index in [1.165, 1.54) is 23.1 Å². The number of aromatic nitrogens is 4. The van der Waals surface area contributed by atoms with Crippen LogP contribution in [0.5, 0.6) is 5.75 Å². The van der Waals surface area contributed by atoms with Crippen molar-refractivity contribution in [2.24, 2.45) is 0 Å². The number of aryl methyl sites for hydroxylation is 1. The summed E-state index contributed by atoms with van der Waals surface area (Å²) in [5, 5.41) is 11.0. The molecule has 0 aliphatic rings. The first-order chi connectivity index (χ1) is 15.7. The summed E-state index contributed by atoms with van der Waals surface area (Å²) in [6, 6.07) is 17.6. The maximum atomic E-state index is 12.7. The van der Waals surface area contributed by atoms with Gasteiger partial charge in [0.2, 0.25) is 0 Å². The van der Waals surface area contributed by atoms with Crippen molar-refractivity contribution >= 4 is 33.3 Å². The fourth-order valence-electron chi connectivity index (χ4n) is 3.16. The van der Waals surface area contributed by atoms with Crippen LogP contribution in [-0.2, 0) is 12.4 Å². The lowest BCUT2D eigenvalue weighted by molar-refractivity contribution is 0.252. The highest BCUT2D eigenvalue weighted by Gasteiger charge is 2.14. The van der Waals surface area contributed by atoms with Gasteiger partial charge in [0.1, 0.15) is 16.4 Å². The lowest BCUT2D eigenvalue weighted by Crippen LogP contribution is -2.10. The lowest BCUT2D eigenvalue weighted by atomic mass is 10.1. The van der Waals surface area contributed by atoms with E-state index >= 15 is 0 Å². The van der Waals surface area contributed by atoms with E-state index < -0.39 is 0 Å². The second-order valence-electron chi connectivity index (χ2n) is 7.06. The SMILES string of the molecule is Cc1ccc(OCc2nnc(SCc3nc4scc(-c5ccccc5)c4c(=O)[nH]3)o2)cc1. The van der Waals surface area contributed by atoms with Crippen molar-refractivity contribution in [3.63, 3.8) is 0 Å². The molecule has 0 saturated carbocycles. The number of nitrogens with zero attached hydrogens (tertiary/aromatic N) is 3. The van der Waals surface area contributed by atoms with Gasteiger partial charge in [0.15, 0.2) is 6.61 Å². The van der Waals surface area contributed by atoms with Gasteiger partial charge >= 0.3 is 0 Å². The number of ether oxygens (including phenoxy) is 1. The van der Waals surface area contributed by atoms with Gasteiger partial charge in [-0.05, 0) is 24.6 Å². The summed E-state index contributed by atoms with van der Waals surface area (Å²) in [4.78, 5) is 20.9. The van der Waals surface area contributed by atoms with Crippen LogP contribution in [-0.4, -0.2) is 20.2 Å². The number of nitrogens with one attached hydrogen (secondary N) is 1. The topological polar surface area (TPSA) is 93.9 Å². The zero-order valence-corrected chi connectivity index (χ0v) is 18.7. The Bertz CT molecular complexity index is 1410. The Hall–Kier alpha value is -3.43. The maximum absolute atomic E-state index is 12.7. The van der Waals surface area contributed by atoms with Crippen LogP contribution in [0.2, 0.25) is 0 Å². The second kappa shape index (κ2) is 8.97. The van der Waals surface area contributed by atoms with Gasteiger partial charge < -0.3 is 14.1 Å². The Morgan fingerprint density at radius 1 is 1.09 bits per heavy atom. The standard InChI is InChI=1S/C23H18N4O3S2/c1-14-7-9-16(10-8-14)29-11-19-26-27-23(30-19)32-13-18-24-21(28)20-17(12-31-22(20)25-18)15-5-3-2-4-6-15/h2-10,12H,11,13H2,1H3,(H,24,25,28). The molecule has 0 atom stereocenters. The third-order valence-electron chi connectivity index (χ3n) is 4.74. The highest BCUT2D eigenvalue weighted by molar-refractivity contribution is 7.98. The number of aromatic amines is 1. The maximum Gasteiger partial charge on any atom is 0.277 e. The van der Waals surface area contributed by atoms with E-state index in [4.69, 9.17) is 9.15 Å². The number of fused-ring (bicyclic) bond motifs is 1. The molecule has 0 unspecified atom stereocenters. The predicted molar refractivity (Wildman–Crippen MR) is 125 cm³/mol. The minimum absolute atomic E-state index is 0.150. The molecule has 0 radical (unpaired) electrons. The van der Waals surface area contributed by atoms with E-state index in [9.17, 15) is 4.79 Å². The molecule has 0 amide bonds. The third kappa shape index (κ3) is 4.44. The normalized spacial score (nSPS) is 11.2. The van der Waals surface area contributed by atoms with Gasteiger partial charge in [0.25, 0.3) is 16.7 Å². The molecule has 2 aromatic carbocycles. The summed E-state index contributed by atoms with van der Waals surface area (Å²) < 4.78 is 11.3. The largest absolute Gasteiger partial charge is 0.484 e. The van der Waals surface area contributed by atoms with Crippen LogP contribution < -0.4 is 10.3 Å². The summed E-state index contributed by atoms with van der Waals surface area (Å²) in [5.74, 6) is 2.09. The van der Waals surface area contributed by atoms with Crippen LogP contribution in [0.4, 0.5) is 0 Å². The molecule has 0 aliphatic heterocycles. The second-order valence-corrected chi connectivity index (χ2v) is 8.84. The van der Waals surface area contributed by atoms with Crippen molar-refractivity contribution in [2.45, 2.75) is 24.5 Å². The number of benzene rings is 2. The first kappa shape index (κ1) is 20.5. The van der Waals surface area contributed by atoms with Gasteiger partial charge in [-0.2, -0.15) is 0 Å². The van der Waals surface area contributed by atoms with Crippen LogP contribution in [0.15, 0.2) is 74.4 Å². The van der Waals surface area contributed by atoms with Gasteiger partial charge in [-0.15, -0.1) is 21.5 Å². The summed E-state index contributed by atoms with van der Waals surface area (Å²) >= 11 is 2.77. The fourth-order valence-corrected chi connectivity index (χ4v) is 4.77. The van der Waals surface area contributed by atoms with E-state index in [1.54, 1.807) is 0 Å². The van der Waals surface area contributed by atoms with E-state index in [0.29, 0.717) is 32.9 Å². The van der Waals surface area contributed by atoms with Crippen LogP contribution in [0.1, 0.15) is 17.3 Å². The summed E-state index contributed by atoms with van der Waals surface area (Å²) in [6.07, 6.45) is 0. The highest BCUT2D eigenvalue weighted by Crippen LogP contribution is 2.31. The number of hydrogen-bond acceptors (Lipinski definition) is 8. The van der Waals surface area contributed by atoms with Crippen molar-refractivity contribution in [1.82, 2.24) is 20.2 Å². The number of rotatable bonds is 7. The number of hydrogen-bond donors (Lipinski definition) is 1. The average Bonchev–Trinajstić information content (AvgIpc) is 3.45. The minimum Gasteiger partial charge on any atom is -0.484 e. The molecular formula is C23H18N4O3S2. The Morgan fingerprint density at radius 3 is 2.72 bits per heavy atom.